The number of hydrogen-bond acceptors (Lipinski definition) is 4. The van der Waals surface area contributed by atoms with Gasteiger partial charge < -0.3 is 15.2 Å². The smallest absolute Gasteiger partial charge is 0.333 e. The number of phenolic OH excluding ortho intramolecular Hbond substituents is 1. The van der Waals surface area contributed by atoms with E-state index in [9.17, 15) is 19.1 Å². The lowest BCUT2D eigenvalue weighted by atomic mass is 9.94. The Balaban J connectivity index is 3.13. The van der Waals surface area contributed by atoms with Gasteiger partial charge in [-0.1, -0.05) is 20.8 Å². The third-order valence-electron chi connectivity index (χ3n) is 2.69. The lowest BCUT2D eigenvalue weighted by Gasteiger charge is -2.23. The number of benzene rings is 1. The van der Waals surface area contributed by atoms with Crippen molar-refractivity contribution in [3.8, 4) is 5.75 Å². The first-order valence-corrected chi connectivity index (χ1v) is 6.04. The second kappa shape index (κ2) is 5.90. The summed E-state index contributed by atoms with van der Waals surface area (Å²) in [6.07, 6.45) is 0. The Bertz CT molecular complexity index is 522. The normalized spacial score (nSPS) is 12.7. The van der Waals surface area contributed by atoms with Crippen molar-refractivity contribution >= 4 is 11.9 Å². The van der Waals surface area contributed by atoms with Crippen molar-refractivity contribution in [2.45, 2.75) is 26.8 Å². The van der Waals surface area contributed by atoms with Gasteiger partial charge in [-0.3, -0.25) is 4.79 Å². The molecule has 5 nitrogen and oxygen atoms in total. The summed E-state index contributed by atoms with van der Waals surface area (Å²) in [7, 11) is 1.15. The summed E-state index contributed by atoms with van der Waals surface area (Å²) < 4.78 is 18.4. The number of ether oxygens (including phenoxy) is 1. The number of nitrogens with one attached hydrogen (secondary N) is 1. The predicted molar refractivity (Wildman–Crippen MR) is 70.4 cm³/mol. The maximum Gasteiger partial charge on any atom is 0.333 e. The Labute approximate surface area is 116 Å². The highest BCUT2D eigenvalue weighted by molar-refractivity contribution is 5.88. The van der Waals surface area contributed by atoms with Gasteiger partial charge in [0.2, 0.25) is 5.91 Å². The molecule has 0 aliphatic heterocycles. The minimum Gasteiger partial charge on any atom is -0.508 e. The van der Waals surface area contributed by atoms with Crippen molar-refractivity contribution in [1.82, 2.24) is 5.32 Å². The molecule has 0 aromatic heterocycles. The average molecular weight is 283 g/mol. The molecule has 0 radical (unpaired) electrons. The van der Waals surface area contributed by atoms with Crippen LogP contribution in [0.2, 0.25) is 0 Å². The monoisotopic (exact) mass is 283 g/mol. The van der Waals surface area contributed by atoms with Crippen LogP contribution in [0.3, 0.4) is 0 Å². The molecule has 0 aliphatic rings. The molecular weight excluding hydrogens is 265 g/mol. The molecule has 0 heterocycles. The lowest BCUT2D eigenvalue weighted by molar-refractivity contribution is -0.146. The van der Waals surface area contributed by atoms with Crippen LogP contribution in [0.25, 0.3) is 0 Å². The number of aromatic hydroxyl groups is 1. The molecule has 1 rings (SSSR count). The van der Waals surface area contributed by atoms with E-state index in [1.807, 2.05) is 0 Å². The number of methoxy groups -OCH3 is 1. The number of hydrogen-bond donors (Lipinski definition) is 2. The van der Waals surface area contributed by atoms with Crippen LogP contribution in [0, 0.1) is 11.2 Å². The van der Waals surface area contributed by atoms with Gasteiger partial charge in [-0.25, -0.2) is 9.18 Å². The summed E-state index contributed by atoms with van der Waals surface area (Å²) >= 11 is 0. The molecule has 0 spiro atoms. The number of carbonyl (C=O) groups is 2. The van der Waals surface area contributed by atoms with Crippen LogP contribution in [0.15, 0.2) is 18.2 Å². The molecule has 2 N–H and O–H groups in total. The zero-order chi connectivity index (χ0) is 15.5. The number of phenols is 1. The summed E-state index contributed by atoms with van der Waals surface area (Å²) in [6, 6.07) is 2.08. The largest absolute Gasteiger partial charge is 0.508 e. The zero-order valence-corrected chi connectivity index (χ0v) is 11.9. The molecule has 1 aromatic rings. The molecule has 0 aliphatic carbocycles. The summed E-state index contributed by atoms with van der Waals surface area (Å²) in [5.74, 6) is -2.26. The maximum atomic E-state index is 13.8. The highest BCUT2D eigenvalue weighted by atomic mass is 19.1. The highest BCUT2D eigenvalue weighted by Crippen LogP contribution is 2.24. The van der Waals surface area contributed by atoms with E-state index in [1.54, 1.807) is 20.8 Å². The minimum atomic E-state index is -1.26. The van der Waals surface area contributed by atoms with Crippen LogP contribution in [-0.2, 0) is 14.3 Å². The predicted octanol–water partition coefficient (Wildman–Crippen LogP) is 1.91. The Morgan fingerprint density at radius 3 is 2.40 bits per heavy atom. The summed E-state index contributed by atoms with van der Waals surface area (Å²) in [5, 5.41) is 11.6. The molecule has 110 valence electrons. The lowest BCUT2D eigenvalue weighted by Crippen LogP contribution is -2.41. The summed E-state index contributed by atoms with van der Waals surface area (Å²) in [4.78, 5) is 23.7. The quantitative estimate of drug-likeness (QED) is 0.831. The van der Waals surface area contributed by atoms with Crippen LogP contribution < -0.4 is 5.32 Å². The third kappa shape index (κ3) is 3.69. The van der Waals surface area contributed by atoms with Gasteiger partial charge in [-0.2, -0.15) is 0 Å². The molecule has 1 atom stereocenters. The minimum absolute atomic E-state index is 0.0627. The topological polar surface area (TPSA) is 75.6 Å². The van der Waals surface area contributed by atoms with Crippen molar-refractivity contribution in [2.24, 2.45) is 5.41 Å². The number of carbonyl (C=O) groups excluding carboxylic acids is 2. The number of esters is 1. The van der Waals surface area contributed by atoms with Gasteiger partial charge in [0.15, 0.2) is 6.04 Å². The Kier molecular flexibility index (Phi) is 4.70. The first-order valence-electron chi connectivity index (χ1n) is 6.04. The van der Waals surface area contributed by atoms with E-state index in [-0.39, 0.29) is 11.3 Å². The van der Waals surface area contributed by atoms with Crippen LogP contribution in [0.5, 0.6) is 5.75 Å². The zero-order valence-electron chi connectivity index (χ0n) is 11.9. The fourth-order valence-corrected chi connectivity index (χ4v) is 1.48. The number of rotatable bonds is 3. The molecule has 0 unspecified atom stereocenters. The molecular formula is C14H18FNO4. The van der Waals surface area contributed by atoms with Gasteiger partial charge in [-0.15, -0.1) is 0 Å². The average Bonchev–Trinajstić information content (AvgIpc) is 2.34. The van der Waals surface area contributed by atoms with Crippen LogP contribution in [-0.4, -0.2) is 24.1 Å². The van der Waals surface area contributed by atoms with E-state index >= 15 is 0 Å². The SMILES string of the molecule is COC(=O)[C@H](NC(=O)C(C)(C)C)c1ccc(O)cc1F. The molecule has 0 saturated heterocycles. The van der Waals surface area contributed by atoms with E-state index in [2.05, 4.69) is 10.1 Å². The fourth-order valence-electron chi connectivity index (χ4n) is 1.48. The van der Waals surface area contributed by atoms with E-state index in [1.165, 1.54) is 12.1 Å². The highest BCUT2D eigenvalue weighted by Gasteiger charge is 2.31. The van der Waals surface area contributed by atoms with Crippen molar-refractivity contribution < 1.29 is 23.8 Å². The molecule has 1 aromatic carbocycles. The number of amides is 1. The van der Waals surface area contributed by atoms with Crippen molar-refractivity contribution in [1.29, 1.82) is 0 Å². The van der Waals surface area contributed by atoms with Crippen LogP contribution in [0.1, 0.15) is 32.4 Å². The van der Waals surface area contributed by atoms with Crippen molar-refractivity contribution in [3.05, 3.63) is 29.6 Å². The molecule has 20 heavy (non-hydrogen) atoms. The van der Waals surface area contributed by atoms with Crippen LogP contribution >= 0.6 is 0 Å². The van der Waals surface area contributed by atoms with Gasteiger partial charge in [0.25, 0.3) is 0 Å². The second-order valence-corrected chi connectivity index (χ2v) is 5.39. The third-order valence-corrected chi connectivity index (χ3v) is 2.69. The first kappa shape index (κ1) is 15.9. The molecule has 6 heteroatoms. The Hall–Kier alpha value is -2.11. The second-order valence-electron chi connectivity index (χ2n) is 5.39. The standard InChI is InChI=1S/C14H18FNO4/c1-14(2,3)13(19)16-11(12(18)20-4)9-6-5-8(17)7-10(9)15/h5-7,11,17H,1-4H3,(H,16,19)/t11-/m1/s1. The first-order chi connectivity index (χ1) is 9.16. The Morgan fingerprint density at radius 1 is 1.35 bits per heavy atom. The van der Waals surface area contributed by atoms with Crippen LogP contribution in [0.4, 0.5) is 4.39 Å². The van der Waals surface area contributed by atoms with Gasteiger partial charge >= 0.3 is 5.97 Å². The van der Waals surface area contributed by atoms with E-state index < -0.39 is 29.2 Å². The van der Waals surface area contributed by atoms with Crippen molar-refractivity contribution in [2.75, 3.05) is 7.11 Å². The molecule has 0 saturated carbocycles. The molecule has 0 bridgehead atoms. The summed E-state index contributed by atoms with van der Waals surface area (Å²) in [5.41, 5.74) is -0.799. The number of halogens is 1. The maximum absolute atomic E-state index is 13.8. The van der Waals surface area contributed by atoms with Crippen molar-refractivity contribution in [3.63, 3.8) is 0 Å². The van der Waals surface area contributed by atoms with Gasteiger partial charge in [-0.05, 0) is 12.1 Å². The molecule has 1 amide bonds. The summed E-state index contributed by atoms with van der Waals surface area (Å²) in [6.45, 7) is 5.01. The van der Waals surface area contributed by atoms with E-state index in [4.69, 9.17) is 0 Å². The van der Waals surface area contributed by atoms with E-state index in [0.717, 1.165) is 13.2 Å². The fraction of sp³-hybridized carbons (Fsp3) is 0.429. The Morgan fingerprint density at radius 2 is 1.95 bits per heavy atom. The van der Waals surface area contributed by atoms with Gasteiger partial charge in [0.1, 0.15) is 11.6 Å². The van der Waals surface area contributed by atoms with E-state index in [0.29, 0.717) is 0 Å². The van der Waals surface area contributed by atoms with Gasteiger partial charge in [0.05, 0.1) is 7.11 Å². The molecule has 0 fully saturated rings. The van der Waals surface area contributed by atoms with Gasteiger partial charge in [0, 0.05) is 17.0 Å².